The number of fused-ring (bicyclic) bond motifs is 1. The average molecular weight is 345 g/mol. The van der Waals surface area contributed by atoms with Gasteiger partial charge < -0.3 is 19.1 Å². The summed E-state index contributed by atoms with van der Waals surface area (Å²) >= 11 is 0. The zero-order valence-corrected chi connectivity index (χ0v) is 14.3. The van der Waals surface area contributed by atoms with Gasteiger partial charge in [0.25, 0.3) is 5.91 Å². The summed E-state index contributed by atoms with van der Waals surface area (Å²) in [4.78, 5) is 14.1. The fourth-order valence-corrected chi connectivity index (χ4v) is 2.89. The van der Waals surface area contributed by atoms with E-state index < -0.39 is 5.82 Å². The molecule has 0 atom stereocenters. The van der Waals surface area contributed by atoms with Gasteiger partial charge in [-0.15, -0.1) is 0 Å². The Morgan fingerprint density at radius 1 is 1.08 bits per heavy atom. The Morgan fingerprint density at radius 2 is 1.76 bits per heavy atom. The number of rotatable bonds is 5. The summed E-state index contributed by atoms with van der Waals surface area (Å²) in [7, 11) is 3.18. The fourth-order valence-electron chi connectivity index (χ4n) is 2.89. The highest BCUT2D eigenvalue weighted by Crippen LogP contribution is 2.33. The second-order valence-electron chi connectivity index (χ2n) is 5.76. The van der Waals surface area contributed by atoms with Gasteiger partial charge in [0.15, 0.2) is 29.7 Å². The van der Waals surface area contributed by atoms with Crippen molar-refractivity contribution in [1.82, 2.24) is 4.90 Å². The highest BCUT2D eigenvalue weighted by Gasteiger charge is 2.23. The monoisotopic (exact) mass is 345 g/mol. The average Bonchev–Trinajstić information content (AvgIpc) is 2.65. The molecule has 1 heterocycles. The molecule has 0 spiro atoms. The first-order valence-electron chi connectivity index (χ1n) is 8.01. The maximum atomic E-state index is 13.6. The van der Waals surface area contributed by atoms with E-state index in [1.165, 1.54) is 12.1 Å². The van der Waals surface area contributed by atoms with Crippen LogP contribution in [0.2, 0.25) is 0 Å². The third kappa shape index (κ3) is 3.68. The molecule has 0 aromatic heterocycles. The minimum absolute atomic E-state index is 0.0830. The van der Waals surface area contributed by atoms with E-state index >= 15 is 0 Å². The van der Waals surface area contributed by atoms with Crippen LogP contribution in [0.5, 0.6) is 17.2 Å². The summed E-state index contributed by atoms with van der Waals surface area (Å²) in [6.45, 7) is 0.862. The second kappa shape index (κ2) is 7.42. The highest BCUT2D eigenvalue weighted by molar-refractivity contribution is 5.78. The summed E-state index contributed by atoms with van der Waals surface area (Å²) in [5.74, 6) is 0.751. The number of halogens is 1. The Balaban J connectivity index is 1.67. The number of methoxy groups -OCH3 is 2. The normalized spacial score (nSPS) is 13.2. The largest absolute Gasteiger partial charge is 0.493 e. The van der Waals surface area contributed by atoms with E-state index in [0.29, 0.717) is 24.6 Å². The lowest BCUT2D eigenvalue weighted by molar-refractivity contribution is -0.134. The number of amides is 1. The third-order valence-corrected chi connectivity index (χ3v) is 4.26. The first-order chi connectivity index (χ1) is 12.1. The lowest BCUT2D eigenvalue weighted by atomic mass is 9.99. The number of hydrogen-bond donors (Lipinski definition) is 0. The lowest BCUT2D eigenvalue weighted by Crippen LogP contribution is -2.38. The third-order valence-electron chi connectivity index (χ3n) is 4.26. The van der Waals surface area contributed by atoms with Crippen LogP contribution in [-0.4, -0.2) is 38.2 Å². The van der Waals surface area contributed by atoms with E-state index in [-0.39, 0.29) is 18.3 Å². The van der Waals surface area contributed by atoms with Crippen molar-refractivity contribution in [3.63, 3.8) is 0 Å². The lowest BCUT2D eigenvalue weighted by Gasteiger charge is -2.29. The Kier molecular flexibility index (Phi) is 5.07. The molecule has 0 saturated carbocycles. The van der Waals surface area contributed by atoms with E-state index in [9.17, 15) is 9.18 Å². The molecule has 1 amide bonds. The molecule has 0 fully saturated rings. The highest BCUT2D eigenvalue weighted by atomic mass is 19.1. The molecule has 0 radical (unpaired) electrons. The van der Waals surface area contributed by atoms with Gasteiger partial charge in [-0.25, -0.2) is 4.39 Å². The van der Waals surface area contributed by atoms with E-state index in [1.807, 2.05) is 12.1 Å². The molecule has 0 aliphatic carbocycles. The maximum absolute atomic E-state index is 13.6. The molecule has 2 aromatic carbocycles. The van der Waals surface area contributed by atoms with Gasteiger partial charge in [-0.05, 0) is 41.8 Å². The zero-order chi connectivity index (χ0) is 17.8. The van der Waals surface area contributed by atoms with Crippen LogP contribution in [0.1, 0.15) is 11.1 Å². The SMILES string of the molecule is COc1cc2c(cc1OC)CN(C(=O)COc1ccccc1F)CC2. The molecule has 0 saturated heterocycles. The number of carbonyl (C=O) groups excluding carboxylic acids is 1. The fraction of sp³-hybridized carbons (Fsp3) is 0.316. The van der Waals surface area contributed by atoms with Crippen LogP contribution in [0, 0.1) is 5.82 Å². The van der Waals surface area contributed by atoms with E-state index in [4.69, 9.17) is 14.2 Å². The Labute approximate surface area is 145 Å². The van der Waals surface area contributed by atoms with Gasteiger partial charge in [0.05, 0.1) is 14.2 Å². The number of nitrogens with zero attached hydrogens (tertiary/aromatic N) is 1. The van der Waals surface area contributed by atoms with Gasteiger partial charge in [-0.2, -0.15) is 0 Å². The number of hydrogen-bond acceptors (Lipinski definition) is 4. The number of ether oxygens (including phenoxy) is 3. The predicted octanol–water partition coefficient (Wildman–Crippen LogP) is 2.81. The van der Waals surface area contributed by atoms with Crippen molar-refractivity contribution in [3.05, 3.63) is 53.3 Å². The molecule has 5 nitrogen and oxygen atoms in total. The standard InChI is InChI=1S/C19H20FNO4/c1-23-17-9-13-7-8-21(11-14(13)10-18(17)24-2)19(22)12-25-16-6-4-3-5-15(16)20/h3-6,9-10H,7-8,11-12H2,1-2H3. The van der Waals surface area contributed by atoms with Crippen LogP contribution in [0.25, 0.3) is 0 Å². The van der Waals surface area contributed by atoms with E-state index in [0.717, 1.165) is 17.5 Å². The second-order valence-corrected chi connectivity index (χ2v) is 5.76. The predicted molar refractivity (Wildman–Crippen MR) is 90.6 cm³/mol. The summed E-state index contributed by atoms with van der Waals surface area (Å²) in [6, 6.07) is 9.89. The molecule has 2 aromatic rings. The van der Waals surface area contributed by atoms with Crippen molar-refractivity contribution in [1.29, 1.82) is 0 Å². The Bertz CT molecular complexity index is 778. The smallest absolute Gasteiger partial charge is 0.260 e. The van der Waals surface area contributed by atoms with Gasteiger partial charge >= 0.3 is 0 Å². The van der Waals surface area contributed by atoms with Crippen LogP contribution >= 0.6 is 0 Å². The van der Waals surface area contributed by atoms with Crippen LogP contribution in [0.3, 0.4) is 0 Å². The molecule has 6 heteroatoms. The molecule has 25 heavy (non-hydrogen) atoms. The van der Waals surface area contributed by atoms with Crippen molar-refractivity contribution >= 4 is 5.91 Å². The summed E-state index contributed by atoms with van der Waals surface area (Å²) in [5.41, 5.74) is 2.15. The van der Waals surface area contributed by atoms with Crippen LogP contribution in [0.15, 0.2) is 36.4 Å². The molecule has 1 aliphatic rings. The van der Waals surface area contributed by atoms with Gasteiger partial charge in [-0.1, -0.05) is 12.1 Å². The van der Waals surface area contributed by atoms with Gasteiger partial charge in [-0.3, -0.25) is 4.79 Å². The Hall–Kier alpha value is -2.76. The quantitative estimate of drug-likeness (QED) is 0.836. The van der Waals surface area contributed by atoms with Crippen LogP contribution in [0.4, 0.5) is 4.39 Å². The number of para-hydroxylation sites is 1. The topological polar surface area (TPSA) is 48.0 Å². The Morgan fingerprint density at radius 3 is 2.44 bits per heavy atom. The van der Waals surface area contributed by atoms with Crippen molar-refractivity contribution in [2.45, 2.75) is 13.0 Å². The summed E-state index contributed by atoms with van der Waals surface area (Å²) in [6.07, 6.45) is 0.723. The molecule has 0 unspecified atom stereocenters. The van der Waals surface area contributed by atoms with Crippen molar-refractivity contribution in [2.24, 2.45) is 0 Å². The molecular formula is C19H20FNO4. The van der Waals surface area contributed by atoms with Crippen LogP contribution < -0.4 is 14.2 Å². The minimum Gasteiger partial charge on any atom is -0.493 e. The van der Waals surface area contributed by atoms with Crippen LogP contribution in [-0.2, 0) is 17.8 Å². The van der Waals surface area contributed by atoms with E-state index in [2.05, 4.69) is 0 Å². The van der Waals surface area contributed by atoms with Crippen molar-refractivity contribution in [2.75, 3.05) is 27.4 Å². The van der Waals surface area contributed by atoms with Crippen molar-refractivity contribution in [3.8, 4) is 17.2 Å². The first kappa shape index (κ1) is 17.1. The first-order valence-corrected chi connectivity index (χ1v) is 8.01. The molecule has 132 valence electrons. The van der Waals surface area contributed by atoms with Gasteiger partial charge in [0.1, 0.15) is 0 Å². The van der Waals surface area contributed by atoms with E-state index in [1.54, 1.807) is 31.3 Å². The van der Waals surface area contributed by atoms with Gasteiger partial charge in [0, 0.05) is 13.1 Å². The minimum atomic E-state index is -0.476. The zero-order valence-electron chi connectivity index (χ0n) is 14.3. The summed E-state index contributed by atoms with van der Waals surface area (Å²) < 4.78 is 29.5. The molecule has 0 N–H and O–H groups in total. The molecule has 3 rings (SSSR count). The summed E-state index contributed by atoms with van der Waals surface area (Å²) in [5, 5.41) is 0. The number of benzene rings is 2. The molecule has 0 bridgehead atoms. The van der Waals surface area contributed by atoms with Crippen molar-refractivity contribution < 1.29 is 23.4 Å². The number of carbonyl (C=O) groups is 1. The molecular weight excluding hydrogens is 325 g/mol. The maximum Gasteiger partial charge on any atom is 0.260 e. The van der Waals surface area contributed by atoms with Gasteiger partial charge in [0.2, 0.25) is 0 Å². The molecule has 1 aliphatic heterocycles.